The first-order valence-electron chi connectivity index (χ1n) is 6.16. The summed E-state index contributed by atoms with van der Waals surface area (Å²) in [5, 5.41) is 13.5. The van der Waals surface area contributed by atoms with Crippen molar-refractivity contribution in [3.63, 3.8) is 0 Å². The smallest absolute Gasteiger partial charge is 0.334 e. The Morgan fingerprint density at radius 2 is 1.55 bits per heavy atom. The van der Waals surface area contributed by atoms with Crippen LogP contribution in [-0.4, -0.2) is 18.0 Å². The molecule has 0 bridgehead atoms. The van der Waals surface area contributed by atoms with Crippen LogP contribution in [0.5, 0.6) is 0 Å². The molecule has 0 saturated carbocycles. The Labute approximate surface area is 130 Å². The number of hydrogen-bond donors (Lipinski definition) is 1. The summed E-state index contributed by atoms with van der Waals surface area (Å²) >= 11 is 5.70. The number of amides is 4. The normalized spacial score (nSPS) is 9.86. The van der Waals surface area contributed by atoms with Crippen LogP contribution in [0.15, 0.2) is 54.6 Å². The van der Waals surface area contributed by atoms with E-state index >= 15 is 0 Å². The third-order valence-electron chi connectivity index (χ3n) is 2.73. The van der Waals surface area contributed by atoms with Crippen LogP contribution in [-0.2, 0) is 0 Å². The van der Waals surface area contributed by atoms with E-state index in [0.29, 0.717) is 9.92 Å². The lowest BCUT2D eigenvalue weighted by atomic mass is 10.2. The molecular weight excluding hydrogens is 308 g/mol. The highest BCUT2D eigenvalue weighted by Gasteiger charge is 2.19. The number of anilines is 1. The zero-order valence-electron chi connectivity index (χ0n) is 11.2. The third kappa shape index (κ3) is 3.62. The number of para-hydroxylation sites is 1. The molecule has 2 rings (SSSR count). The number of benzene rings is 2. The van der Waals surface area contributed by atoms with Crippen molar-refractivity contribution < 1.29 is 19.5 Å². The summed E-state index contributed by atoms with van der Waals surface area (Å²) < 4.78 is 0. The first-order valence-corrected chi connectivity index (χ1v) is 6.54. The molecule has 4 amide bonds. The molecule has 0 heterocycles. The van der Waals surface area contributed by atoms with Gasteiger partial charge in [0.15, 0.2) is 0 Å². The highest BCUT2D eigenvalue weighted by Crippen LogP contribution is 2.13. The van der Waals surface area contributed by atoms with E-state index in [4.69, 9.17) is 11.6 Å². The largest absolute Gasteiger partial charge is 0.529 e. The molecule has 0 atom stereocenters. The van der Waals surface area contributed by atoms with Gasteiger partial charge in [-0.2, -0.15) is 0 Å². The van der Waals surface area contributed by atoms with Gasteiger partial charge in [0, 0.05) is 10.6 Å². The second-order valence-corrected chi connectivity index (χ2v) is 4.64. The maximum atomic E-state index is 12.0. The molecule has 0 spiro atoms. The first kappa shape index (κ1) is 15.5. The summed E-state index contributed by atoms with van der Waals surface area (Å²) in [7, 11) is 0. The molecule has 0 aliphatic heterocycles. The Hall–Kier alpha value is -2.86. The first-order chi connectivity index (χ1) is 10.5. The maximum Gasteiger partial charge on any atom is 0.334 e. The minimum absolute atomic E-state index is 0.0731. The predicted octanol–water partition coefficient (Wildman–Crippen LogP) is 2.04. The highest BCUT2D eigenvalue weighted by atomic mass is 35.5. The fraction of sp³-hybridized carbons (Fsp3) is 0. The van der Waals surface area contributed by atoms with Crippen molar-refractivity contribution in [2.75, 3.05) is 4.90 Å². The van der Waals surface area contributed by atoms with Crippen molar-refractivity contribution >= 4 is 35.3 Å². The van der Waals surface area contributed by atoms with Gasteiger partial charge >= 0.3 is 6.03 Å². The number of carbonyl (C=O) groups excluding carboxylic acids is 3. The number of imide groups is 2. The van der Waals surface area contributed by atoms with E-state index in [-0.39, 0.29) is 11.3 Å². The summed E-state index contributed by atoms with van der Waals surface area (Å²) in [4.78, 5) is 35.4. The monoisotopic (exact) mass is 317 g/mol. The molecule has 2 aromatic carbocycles. The van der Waals surface area contributed by atoms with Gasteiger partial charge in [-0.3, -0.25) is 10.1 Å². The number of carboxylic acid groups (broad SMARTS) is 1. The lowest BCUT2D eigenvalue weighted by Crippen LogP contribution is -2.51. The summed E-state index contributed by atoms with van der Waals surface area (Å²) in [5.74, 6) is -0.746. The molecule has 1 N–H and O–H groups in total. The van der Waals surface area contributed by atoms with Crippen LogP contribution >= 0.6 is 11.6 Å². The summed E-state index contributed by atoms with van der Waals surface area (Å²) in [6.45, 7) is 0. The van der Waals surface area contributed by atoms with Gasteiger partial charge in [0.1, 0.15) is 6.09 Å². The Bertz CT molecular complexity index is 701. The molecule has 112 valence electrons. The van der Waals surface area contributed by atoms with Crippen molar-refractivity contribution in [3.05, 3.63) is 65.2 Å². The van der Waals surface area contributed by atoms with Crippen LogP contribution in [0, 0.1) is 0 Å². The quantitative estimate of drug-likeness (QED) is 0.917. The number of carbonyl (C=O) groups is 3. The van der Waals surface area contributed by atoms with Crippen molar-refractivity contribution in [2.45, 2.75) is 0 Å². The summed E-state index contributed by atoms with van der Waals surface area (Å²) in [5.41, 5.74) is 0.244. The van der Waals surface area contributed by atoms with Gasteiger partial charge in [-0.15, -0.1) is 0 Å². The van der Waals surface area contributed by atoms with Crippen molar-refractivity contribution in [1.82, 2.24) is 5.32 Å². The van der Waals surface area contributed by atoms with Gasteiger partial charge in [-0.25, -0.2) is 9.69 Å². The third-order valence-corrected chi connectivity index (χ3v) is 2.98. The fourth-order valence-electron chi connectivity index (χ4n) is 1.71. The standard InChI is InChI=1S/C15H11ClN2O4/c16-11-8-6-10(7-9-11)13(19)17-14(20)18(15(21)22)12-4-2-1-3-5-12/h1-9H,(H,21,22)(H,17,19,20)/p-1. The molecule has 22 heavy (non-hydrogen) atoms. The fourth-order valence-corrected chi connectivity index (χ4v) is 1.84. The zero-order valence-corrected chi connectivity index (χ0v) is 11.9. The number of nitrogens with zero attached hydrogens (tertiary/aromatic N) is 1. The maximum absolute atomic E-state index is 12.0. The van der Waals surface area contributed by atoms with Crippen LogP contribution < -0.4 is 15.3 Å². The molecule has 0 aliphatic carbocycles. The van der Waals surface area contributed by atoms with Crippen LogP contribution in [0.1, 0.15) is 10.4 Å². The minimum Gasteiger partial charge on any atom is -0.529 e. The summed E-state index contributed by atoms with van der Waals surface area (Å²) in [6.07, 6.45) is -1.74. The molecule has 7 heteroatoms. The lowest BCUT2D eigenvalue weighted by Gasteiger charge is -2.22. The van der Waals surface area contributed by atoms with Crippen LogP contribution in [0.25, 0.3) is 0 Å². The van der Waals surface area contributed by atoms with E-state index in [1.807, 2.05) is 5.32 Å². The van der Waals surface area contributed by atoms with Crippen LogP contribution in [0.3, 0.4) is 0 Å². The van der Waals surface area contributed by atoms with E-state index in [1.54, 1.807) is 18.2 Å². The Balaban J connectivity index is 2.17. The van der Waals surface area contributed by atoms with Gasteiger partial charge in [0.05, 0.1) is 5.69 Å². The topological polar surface area (TPSA) is 89.5 Å². The van der Waals surface area contributed by atoms with Crippen molar-refractivity contribution in [2.24, 2.45) is 0 Å². The van der Waals surface area contributed by atoms with E-state index in [2.05, 4.69) is 0 Å². The molecule has 0 unspecified atom stereocenters. The molecular formula is C15H10ClN2O4-. The SMILES string of the molecule is O=C(NC(=O)N(C(=O)[O-])c1ccccc1)c1ccc(Cl)cc1. The average Bonchev–Trinajstić information content (AvgIpc) is 2.48. The van der Waals surface area contributed by atoms with Gasteiger partial charge in [0.2, 0.25) is 0 Å². The van der Waals surface area contributed by atoms with E-state index in [9.17, 15) is 19.5 Å². The van der Waals surface area contributed by atoms with Crippen LogP contribution in [0.2, 0.25) is 5.02 Å². The van der Waals surface area contributed by atoms with Gasteiger partial charge < -0.3 is 9.90 Å². The van der Waals surface area contributed by atoms with Crippen LogP contribution in [0.4, 0.5) is 15.3 Å². The number of nitrogens with one attached hydrogen (secondary N) is 1. The minimum atomic E-state index is -1.74. The Morgan fingerprint density at radius 1 is 0.955 bits per heavy atom. The average molecular weight is 318 g/mol. The molecule has 0 aliphatic rings. The van der Waals surface area contributed by atoms with E-state index < -0.39 is 18.0 Å². The molecule has 0 fully saturated rings. The highest BCUT2D eigenvalue weighted by molar-refractivity contribution is 6.30. The summed E-state index contributed by atoms with van der Waals surface area (Å²) in [6, 6.07) is 12.2. The zero-order chi connectivity index (χ0) is 16.1. The second-order valence-electron chi connectivity index (χ2n) is 4.20. The van der Waals surface area contributed by atoms with E-state index in [1.165, 1.54) is 36.4 Å². The lowest BCUT2D eigenvalue weighted by molar-refractivity contribution is -0.245. The number of urea groups is 1. The number of rotatable bonds is 2. The molecule has 2 aromatic rings. The molecule has 0 radical (unpaired) electrons. The van der Waals surface area contributed by atoms with Crippen molar-refractivity contribution in [1.29, 1.82) is 0 Å². The van der Waals surface area contributed by atoms with Crippen molar-refractivity contribution in [3.8, 4) is 0 Å². The second kappa shape index (κ2) is 6.73. The number of halogens is 1. The van der Waals surface area contributed by atoms with E-state index in [0.717, 1.165) is 0 Å². The predicted molar refractivity (Wildman–Crippen MR) is 78.6 cm³/mol. The van der Waals surface area contributed by atoms with Gasteiger partial charge in [-0.05, 0) is 36.4 Å². The molecule has 0 saturated heterocycles. The van der Waals surface area contributed by atoms with Gasteiger partial charge in [-0.1, -0.05) is 29.8 Å². The van der Waals surface area contributed by atoms with Gasteiger partial charge in [0.25, 0.3) is 5.91 Å². The number of hydrogen-bond acceptors (Lipinski definition) is 4. The molecule has 6 nitrogen and oxygen atoms in total. The Kier molecular flexibility index (Phi) is 4.75. The Morgan fingerprint density at radius 3 is 2.09 bits per heavy atom. The molecule has 0 aromatic heterocycles.